The highest BCUT2D eigenvalue weighted by Gasteiger charge is 2.12. The van der Waals surface area contributed by atoms with E-state index in [2.05, 4.69) is 77.8 Å². The lowest BCUT2D eigenvalue weighted by molar-refractivity contribution is 1.55. The molecule has 0 atom stereocenters. The van der Waals surface area contributed by atoms with Crippen LogP contribution in [0.1, 0.15) is 0 Å². The summed E-state index contributed by atoms with van der Waals surface area (Å²) in [5, 5.41) is 8.05. The average molecular weight is 323 g/mol. The van der Waals surface area contributed by atoms with E-state index in [1.54, 1.807) is 0 Å². The molecule has 4 aromatic carbocycles. The van der Waals surface area contributed by atoms with E-state index in [1.807, 2.05) is 11.3 Å². The zero-order chi connectivity index (χ0) is 15.7. The fourth-order valence-electron chi connectivity index (χ4n) is 3.94. The number of nitrogens with one attached hydrogen (secondary N) is 1. The van der Waals surface area contributed by atoms with Crippen molar-refractivity contribution in [1.29, 1.82) is 0 Å². The molecule has 0 spiro atoms. The molecule has 0 aliphatic heterocycles. The molecular formula is C22H13NS. The predicted octanol–water partition coefficient (Wildman–Crippen LogP) is 6.84. The molecule has 2 aromatic heterocycles. The molecule has 0 aliphatic carbocycles. The number of H-pyrrole nitrogens is 1. The molecule has 112 valence electrons. The highest BCUT2D eigenvalue weighted by Crippen LogP contribution is 2.41. The van der Waals surface area contributed by atoms with Crippen LogP contribution in [0.3, 0.4) is 0 Å². The molecule has 0 radical (unpaired) electrons. The monoisotopic (exact) mass is 323 g/mol. The summed E-state index contributed by atoms with van der Waals surface area (Å²) in [7, 11) is 0. The Morgan fingerprint density at radius 2 is 1.25 bits per heavy atom. The predicted molar refractivity (Wildman–Crippen MR) is 106 cm³/mol. The minimum absolute atomic E-state index is 1.21. The maximum Gasteiger partial charge on any atom is 0.0471 e. The van der Waals surface area contributed by atoms with E-state index in [4.69, 9.17) is 0 Å². The number of hydrogen-bond acceptors (Lipinski definition) is 1. The van der Waals surface area contributed by atoms with Crippen molar-refractivity contribution in [3.8, 4) is 0 Å². The highest BCUT2D eigenvalue weighted by atomic mass is 32.1. The van der Waals surface area contributed by atoms with Crippen molar-refractivity contribution in [1.82, 2.24) is 4.98 Å². The smallest absolute Gasteiger partial charge is 0.0471 e. The lowest BCUT2D eigenvalue weighted by atomic mass is 10.0. The van der Waals surface area contributed by atoms with Gasteiger partial charge in [-0.15, -0.1) is 11.3 Å². The van der Waals surface area contributed by atoms with Crippen LogP contribution >= 0.6 is 11.3 Å². The molecule has 24 heavy (non-hydrogen) atoms. The van der Waals surface area contributed by atoms with Gasteiger partial charge in [-0.05, 0) is 23.6 Å². The van der Waals surface area contributed by atoms with Crippen LogP contribution < -0.4 is 0 Å². The lowest BCUT2D eigenvalue weighted by Gasteiger charge is -2.02. The van der Waals surface area contributed by atoms with Gasteiger partial charge in [0, 0.05) is 47.4 Å². The molecular weight excluding hydrogens is 310 g/mol. The summed E-state index contributed by atoms with van der Waals surface area (Å²) in [5.41, 5.74) is 2.42. The van der Waals surface area contributed by atoms with Gasteiger partial charge in [0.15, 0.2) is 0 Å². The molecule has 0 fully saturated rings. The average Bonchev–Trinajstić information content (AvgIpc) is 3.19. The molecule has 0 bridgehead atoms. The van der Waals surface area contributed by atoms with Crippen molar-refractivity contribution in [3.63, 3.8) is 0 Å². The first-order valence-electron chi connectivity index (χ1n) is 8.13. The number of rotatable bonds is 0. The second kappa shape index (κ2) is 4.37. The maximum atomic E-state index is 3.55. The summed E-state index contributed by atoms with van der Waals surface area (Å²) >= 11 is 1.90. The molecule has 0 saturated heterocycles. The van der Waals surface area contributed by atoms with E-state index >= 15 is 0 Å². The van der Waals surface area contributed by atoms with Crippen molar-refractivity contribution >= 4 is 64.1 Å². The van der Waals surface area contributed by atoms with Crippen LogP contribution in [0.4, 0.5) is 0 Å². The van der Waals surface area contributed by atoms with Crippen LogP contribution in [0.15, 0.2) is 72.8 Å². The summed E-state index contributed by atoms with van der Waals surface area (Å²) in [6, 6.07) is 26.3. The number of hydrogen-bond donors (Lipinski definition) is 1. The van der Waals surface area contributed by atoms with Gasteiger partial charge in [-0.1, -0.05) is 54.6 Å². The molecule has 1 N–H and O–H groups in total. The second-order valence-electron chi connectivity index (χ2n) is 6.29. The zero-order valence-corrected chi connectivity index (χ0v) is 13.7. The van der Waals surface area contributed by atoms with Crippen molar-refractivity contribution < 1.29 is 0 Å². The largest absolute Gasteiger partial charge is 0.354 e. The van der Waals surface area contributed by atoms with E-state index in [-0.39, 0.29) is 0 Å². The quantitative estimate of drug-likeness (QED) is 0.315. The third-order valence-corrected chi connectivity index (χ3v) is 6.23. The SMILES string of the molecule is c1ccc2c(c1)[nH]c1ccc3c(ccc4c5ccccc5sc43)c12. The lowest BCUT2D eigenvalue weighted by Crippen LogP contribution is -1.76. The van der Waals surface area contributed by atoms with Crippen molar-refractivity contribution in [3.05, 3.63) is 72.8 Å². The van der Waals surface area contributed by atoms with Gasteiger partial charge in [0.1, 0.15) is 0 Å². The number of para-hydroxylation sites is 1. The van der Waals surface area contributed by atoms with E-state index in [0.717, 1.165) is 0 Å². The first-order valence-corrected chi connectivity index (χ1v) is 8.95. The minimum atomic E-state index is 1.21. The third-order valence-electron chi connectivity index (χ3n) is 5.01. The van der Waals surface area contributed by atoms with Crippen LogP contribution in [0, 0.1) is 0 Å². The minimum Gasteiger partial charge on any atom is -0.354 e. The Morgan fingerprint density at radius 3 is 2.21 bits per heavy atom. The molecule has 0 amide bonds. The maximum absolute atomic E-state index is 3.55. The highest BCUT2D eigenvalue weighted by molar-refractivity contribution is 7.26. The third kappa shape index (κ3) is 1.49. The van der Waals surface area contributed by atoms with Gasteiger partial charge in [-0.25, -0.2) is 0 Å². The Bertz CT molecular complexity index is 1400. The molecule has 6 rings (SSSR count). The van der Waals surface area contributed by atoms with Crippen LogP contribution in [-0.4, -0.2) is 4.98 Å². The first kappa shape index (κ1) is 12.6. The normalized spacial score (nSPS) is 12.2. The van der Waals surface area contributed by atoms with E-state index in [0.29, 0.717) is 0 Å². The van der Waals surface area contributed by atoms with Gasteiger partial charge >= 0.3 is 0 Å². The van der Waals surface area contributed by atoms with E-state index < -0.39 is 0 Å². The summed E-state index contributed by atoms with van der Waals surface area (Å²) in [6.07, 6.45) is 0. The molecule has 0 saturated carbocycles. The standard InChI is InChI=1S/C22H13NS/c1-3-7-18-17(6-1)21-14-9-10-15-13-5-2-4-8-20(13)24-22(15)16(14)11-12-19(21)23-18/h1-12,23H. The molecule has 0 aliphatic rings. The van der Waals surface area contributed by atoms with Gasteiger partial charge in [0.25, 0.3) is 0 Å². The van der Waals surface area contributed by atoms with E-state index in [9.17, 15) is 0 Å². The molecule has 2 heteroatoms. The van der Waals surface area contributed by atoms with Crippen molar-refractivity contribution in [2.24, 2.45) is 0 Å². The Kier molecular flexibility index (Phi) is 2.29. The molecule has 2 heterocycles. The Labute approximate surface area is 142 Å². The van der Waals surface area contributed by atoms with Crippen LogP contribution in [0.2, 0.25) is 0 Å². The fraction of sp³-hybridized carbons (Fsp3) is 0. The summed E-state index contributed by atoms with van der Waals surface area (Å²) in [6.45, 7) is 0. The molecule has 0 unspecified atom stereocenters. The van der Waals surface area contributed by atoms with Gasteiger partial charge in [0.05, 0.1) is 0 Å². The Morgan fingerprint density at radius 1 is 0.542 bits per heavy atom. The van der Waals surface area contributed by atoms with Crippen LogP contribution in [0.25, 0.3) is 52.8 Å². The number of aromatic amines is 1. The van der Waals surface area contributed by atoms with Crippen LogP contribution in [-0.2, 0) is 0 Å². The Hall–Kier alpha value is -2.84. The van der Waals surface area contributed by atoms with E-state index in [1.165, 1.54) is 52.8 Å². The molecule has 1 nitrogen and oxygen atoms in total. The second-order valence-corrected chi connectivity index (χ2v) is 7.35. The number of benzene rings is 4. The van der Waals surface area contributed by atoms with Gasteiger partial charge < -0.3 is 4.98 Å². The number of aromatic nitrogens is 1. The van der Waals surface area contributed by atoms with Crippen molar-refractivity contribution in [2.75, 3.05) is 0 Å². The number of fused-ring (bicyclic) bond motifs is 9. The van der Waals surface area contributed by atoms with Crippen molar-refractivity contribution in [2.45, 2.75) is 0 Å². The topological polar surface area (TPSA) is 15.8 Å². The fourth-order valence-corrected chi connectivity index (χ4v) is 5.17. The summed E-state index contributed by atoms with van der Waals surface area (Å²) in [4.78, 5) is 3.55. The van der Waals surface area contributed by atoms with Crippen LogP contribution in [0.5, 0.6) is 0 Å². The summed E-state index contributed by atoms with van der Waals surface area (Å²) < 4.78 is 2.75. The van der Waals surface area contributed by atoms with Gasteiger partial charge in [-0.3, -0.25) is 0 Å². The zero-order valence-electron chi connectivity index (χ0n) is 12.8. The number of thiophene rings is 1. The first-order chi connectivity index (χ1) is 11.9. The Balaban J connectivity index is 1.90. The van der Waals surface area contributed by atoms with Gasteiger partial charge in [-0.2, -0.15) is 0 Å². The summed E-state index contributed by atoms with van der Waals surface area (Å²) in [5.74, 6) is 0. The van der Waals surface area contributed by atoms with Gasteiger partial charge in [0.2, 0.25) is 0 Å². The molecule has 6 aromatic rings.